The second-order valence-electron chi connectivity index (χ2n) is 14.8. The van der Waals surface area contributed by atoms with Gasteiger partial charge in [0.15, 0.2) is 0 Å². The maximum atomic E-state index is 13.8. The van der Waals surface area contributed by atoms with E-state index in [0.29, 0.717) is 44.1 Å². The van der Waals surface area contributed by atoms with Gasteiger partial charge in [0.05, 0.1) is 18.0 Å². The molecule has 5 aliphatic rings. The van der Waals surface area contributed by atoms with Crippen molar-refractivity contribution in [2.45, 2.75) is 88.4 Å². The van der Waals surface area contributed by atoms with Crippen LogP contribution in [0.2, 0.25) is 0 Å². The fourth-order valence-corrected chi connectivity index (χ4v) is 9.15. The predicted molar refractivity (Wildman–Crippen MR) is 179 cm³/mol. The third kappa shape index (κ3) is 7.21. The summed E-state index contributed by atoms with van der Waals surface area (Å²) in [5.41, 5.74) is 13.3. The number of aromatic hydroxyl groups is 1. The van der Waals surface area contributed by atoms with Crippen LogP contribution in [0.4, 0.5) is 0 Å². The standard InChI is InChI=1S/C37H47N5O7/c1-22-36(17-25-14-26(18-36)20-37(22,39)19-25)35(48)49-34(47)29(16-23-6-3-2-4-7-23)41-31(44)21-40-32(45)30-8-5-13-42(30)33(46)28(38)15-24-9-11-27(43)12-10-24/h2-4,6-7,9-12,22,25-26,28-30,43H,5,8,13-21,38-39H2,1H3,(H,40,45)(H,41,44)/t22?,25?,26?,28-,29-,30+,36?,37?/m0/s1. The number of likely N-dealkylation sites (tertiary alicyclic amines) is 1. The molecular formula is C37H47N5O7. The van der Waals surface area contributed by atoms with Crippen LogP contribution in [-0.2, 0) is 41.6 Å². The molecule has 1 heterocycles. The maximum Gasteiger partial charge on any atom is 0.336 e. The third-order valence-corrected chi connectivity index (χ3v) is 11.5. The molecule has 4 aliphatic carbocycles. The summed E-state index contributed by atoms with van der Waals surface area (Å²) in [6, 6.07) is 12.7. The van der Waals surface area contributed by atoms with Crippen molar-refractivity contribution < 1.29 is 33.8 Å². The van der Waals surface area contributed by atoms with Gasteiger partial charge in [-0.2, -0.15) is 0 Å². The lowest BCUT2D eigenvalue weighted by atomic mass is 9.43. The van der Waals surface area contributed by atoms with Crippen LogP contribution in [0.1, 0.15) is 63.0 Å². The Balaban J connectivity index is 1.07. The monoisotopic (exact) mass is 673 g/mol. The summed E-state index contributed by atoms with van der Waals surface area (Å²) in [7, 11) is 0. The van der Waals surface area contributed by atoms with Gasteiger partial charge in [0.1, 0.15) is 17.8 Å². The SMILES string of the molecule is CC1C2(N)CC3CC(C2)CC1(C(=O)OC(=O)[C@H](Cc1ccccc1)NC(=O)CNC(=O)[C@H]1CCCN1C(=O)[C@@H](N)Cc1ccc(O)cc1)C3. The lowest BCUT2D eigenvalue weighted by molar-refractivity contribution is -0.190. The van der Waals surface area contributed by atoms with E-state index in [4.69, 9.17) is 16.2 Å². The first-order chi connectivity index (χ1) is 23.4. The molecule has 0 radical (unpaired) electrons. The molecule has 49 heavy (non-hydrogen) atoms. The van der Waals surface area contributed by atoms with E-state index in [1.165, 1.54) is 17.0 Å². The molecule has 1 aliphatic heterocycles. The lowest BCUT2D eigenvalue weighted by Crippen LogP contribution is -2.68. The van der Waals surface area contributed by atoms with Gasteiger partial charge in [-0.05, 0) is 92.4 Å². The van der Waals surface area contributed by atoms with Gasteiger partial charge in [0.2, 0.25) is 17.7 Å². The third-order valence-electron chi connectivity index (χ3n) is 11.5. The van der Waals surface area contributed by atoms with Crippen molar-refractivity contribution in [1.82, 2.24) is 15.5 Å². The predicted octanol–water partition coefficient (Wildman–Crippen LogP) is 1.71. The molecule has 7 rings (SSSR count). The van der Waals surface area contributed by atoms with E-state index in [1.54, 1.807) is 12.1 Å². The number of esters is 2. The van der Waals surface area contributed by atoms with Gasteiger partial charge in [-0.1, -0.05) is 49.4 Å². The van der Waals surface area contributed by atoms with Crippen LogP contribution >= 0.6 is 0 Å². The fourth-order valence-electron chi connectivity index (χ4n) is 9.15. The first-order valence-corrected chi connectivity index (χ1v) is 17.4. The number of amides is 3. The minimum Gasteiger partial charge on any atom is -0.508 e. The largest absolute Gasteiger partial charge is 0.508 e. The van der Waals surface area contributed by atoms with E-state index in [-0.39, 0.29) is 30.4 Å². The molecule has 0 aromatic heterocycles. The Bertz CT molecular complexity index is 1570. The molecule has 4 bridgehead atoms. The number of nitrogens with zero attached hydrogens (tertiary/aromatic N) is 1. The van der Waals surface area contributed by atoms with E-state index < -0.39 is 59.4 Å². The van der Waals surface area contributed by atoms with Crippen LogP contribution in [0.3, 0.4) is 0 Å². The zero-order chi connectivity index (χ0) is 34.9. The average molecular weight is 674 g/mol. The van der Waals surface area contributed by atoms with Gasteiger partial charge in [-0.15, -0.1) is 0 Å². The summed E-state index contributed by atoms with van der Waals surface area (Å²) in [6.07, 6.45) is 5.46. The number of ether oxygens (including phenoxy) is 1. The van der Waals surface area contributed by atoms with Crippen LogP contribution < -0.4 is 22.1 Å². The van der Waals surface area contributed by atoms with Gasteiger partial charge >= 0.3 is 11.9 Å². The highest BCUT2D eigenvalue weighted by Gasteiger charge is 2.64. The summed E-state index contributed by atoms with van der Waals surface area (Å²) in [5, 5.41) is 14.8. The van der Waals surface area contributed by atoms with Crippen LogP contribution in [0.25, 0.3) is 0 Å². The number of benzene rings is 2. The lowest BCUT2D eigenvalue weighted by Gasteiger charge is -2.63. The molecule has 0 spiro atoms. The summed E-state index contributed by atoms with van der Waals surface area (Å²) in [6.45, 7) is 1.92. The maximum absolute atomic E-state index is 13.8. The molecule has 3 unspecified atom stereocenters. The van der Waals surface area contributed by atoms with Crippen LogP contribution in [0.5, 0.6) is 5.75 Å². The van der Waals surface area contributed by atoms with Gasteiger partial charge in [-0.25, -0.2) is 4.79 Å². The van der Waals surface area contributed by atoms with Gasteiger partial charge < -0.3 is 36.8 Å². The van der Waals surface area contributed by atoms with E-state index in [2.05, 4.69) is 10.6 Å². The minimum atomic E-state index is -1.17. The number of hydrogen-bond acceptors (Lipinski definition) is 9. The van der Waals surface area contributed by atoms with Crippen LogP contribution in [-0.4, -0.2) is 76.4 Å². The number of rotatable bonds is 11. The number of carbonyl (C=O) groups is 5. The second kappa shape index (κ2) is 13.9. The smallest absolute Gasteiger partial charge is 0.336 e. The molecule has 12 nitrogen and oxygen atoms in total. The Morgan fingerprint density at radius 1 is 0.959 bits per heavy atom. The molecule has 5 fully saturated rings. The van der Waals surface area contributed by atoms with Crippen molar-refractivity contribution in [3.63, 3.8) is 0 Å². The van der Waals surface area contributed by atoms with Gasteiger partial charge in [0, 0.05) is 18.5 Å². The Labute approximate surface area is 286 Å². The van der Waals surface area contributed by atoms with Gasteiger partial charge in [-0.3, -0.25) is 19.2 Å². The van der Waals surface area contributed by atoms with E-state index in [1.807, 2.05) is 37.3 Å². The molecule has 2 aromatic carbocycles. The number of carbonyl (C=O) groups excluding carboxylic acids is 5. The molecule has 12 heteroatoms. The molecular weight excluding hydrogens is 626 g/mol. The number of hydrogen-bond donors (Lipinski definition) is 5. The second-order valence-corrected chi connectivity index (χ2v) is 14.8. The Hall–Kier alpha value is -4.29. The minimum absolute atomic E-state index is 0.0884. The fraction of sp³-hybridized carbons (Fsp3) is 0.541. The molecule has 262 valence electrons. The van der Waals surface area contributed by atoms with E-state index in [0.717, 1.165) is 30.4 Å². The van der Waals surface area contributed by atoms with Crippen LogP contribution in [0.15, 0.2) is 54.6 Å². The topological polar surface area (TPSA) is 194 Å². The summed E-state index contributed by atoms with van der Waals surface area (Å²) in [4.78, 5) is 68.4. The van der Waals surface area contributed by atoms with Crippen molar-refractivity contribution in [2.24, 2.45) is 34.6 Å². The molecule has 3 amide bonds. The van der Waals surface area contributed by atoms with Crippen molar-refractivity contribution in [1.29, 1.82) is 0 Å². The Morgan fingerprint density at radius 3 is 2.29 bits per heavy atom. The first kappa shape index (κ1) is 34.6. The quantitative estimate of drug-likeness (QED) is 0.174. The first-order valence-electron chi connectivity index (χ1n) is 17.4. The van der Waals surface area contributed by atoms with Crippen molar-refractivity contribution in [3.8, 4) is 5.75 Å². The normalized spacial score (nSPS) is 29.6. The van der Waals surface area contributed by atoms with E-state index in [9.17, 15) is 29.1 Å². The molecule has 1 saturated heterocycles. The van der Waals surface area contributed by atoms with E-state index >= 15 is 0 Å². The van der Waals surface area contributed by atoms with Crippen molar-refractivity contribution in [3.05, 3.63) is 65.7 Å². The highest BCUT2D eigenvalue weighted by Crippen LogP contribution is 2.64. The number of nitrogens with one attached hydrogen (secondary N) is 2. The number of phenols is 1. The van der Waals surface area contributed by atoms with Gasteiger partial charge in [0.25, 0.3) is 0 Å². The average Bonchev–Trinajstić information content (AvgIpc) is 3.56. The number of nitrogens with two attached hydrogens (primary N) is 2. The summed E-state index contributed by atoms with van der Waals surface area (Å²) >= 11 is 0. The van der Waals surface area contributed by atoms with Crippen molar-refractivity contribution in [2.75, 3.05) is 13.1 Å². The molecule has 6 atom stereocenters. The Kier molecular flexibility index (Phi) is 9.81. The molecule has 2 aromatic rings. The highest BCUT2D eigenvalue weighted by atomic mass is 16.6. The summed E-state index contributed by atoms with van der Waals surface area (Å²) in [5.74, 6) is -2.28. The highest BCUT2D eigenvalue weighted by molar-refractivity contribution is 5.95. The zero-order valence-electron chi connectivity index (χ0n) is 27.9. The van der Waals surface area contributed by atoms with Crippen LogP contribution in [0, 0.1) is 23.2 Å². The number of phenolic OH excluding ortho intramolecular Hbond substituents is 1. The summed E-state index contributed by atoms with van der Waals surface area (Å²) < 4.78 is 5.60. The molecule has 4 saturated carbocycles. The zero-order valence-corrected chi connectivity index (χ0v) is 27.9. The Morgan fingerprint density at radius 2 is 1.61 bits per heavy atom. The van der Waals surface area contributed by atoms with Crippen molar-refractivity contribution >= 4 is 29.7 Å². The molecule has 7 N–H and O–H groups in total.